The third-order valence-corrected chi connectivity index (χ3v) is 2.80. The van der Waals surface area contributed by atoms with Gasteiger partial charge in [-0.1, -0.05) is 6.07 Å². The minimum absolute atomic E-state index is 0.164. The topological polar surface area (TPSA) is 99.9 Å². The van der Waals surface area contributed by atoms with E-state index in [1.165, 1.54) is 0 Å². The van der Waals surface area contributed by atoms with Gasteiger partial charge in [-0.3, -0.25) is 9.59 Å². The molecule has 8 heteroatoms. The molecule has 1 aromatic carbocycles. The summed E-state index contributed by atoms with van der Waals surface area (Å²) in [4.78, 5) is 21.7. The van der Waals surface area contributed by atoms with Gasteiger partial charge in [-0.25, -0.2) is 0 Å². The lowest BCUT2D eigenvalue weighted by Gasteiger charge is -2.13. The Bertz CT molecular complexity index is 472. The van der Waals surface area contributed by atoms with Crippen LogP contribution in [0.25, 0.3) is 0 Å². The van der Waals surface area contributed by atoms with Gasteiger partial charge in [0.2, 0.25) is 0 Å². The molecule has 1 rings (SSSR count). The van der Waals surface area contributed by atoms with E-state index in [0.29, 0.717) is 30.9 Å². The van der Waals surface area contributed by atoms with Crippen LogP contribution in [0.2, 0.25) is 0 Å². The average molecular weight is 328 g/mol. The summed E-state index contributed by atoms with van der Waals surface area (Å²) in [7, 11) is 0. The highest BCUT2D eigenvalue weighted by Gasteiger charge is 2.08. The number of carbonyl (C=O) groups is 2. The number of nitrogens with two attached hydrogens (primary N) is 1. The van der Waals surface area contributed by atoms with Crippen LogP contribution in [0.5, 0.6) is 5.75 Å². The zero-order valence-electron chi connectivity index (χ0n) is 12.1. The van der Waals surface area contributed by atoms with Gasteiger partial charge in [0.15, 0.2) is 0 Å². The second kappa shape index (κ2) is 10.9. The first-order valence-electron chi connectivity index (χ1n) is 6.73. The number of rotatable bonds is 11. The zero-order chi connectivity index (χ0) is 16.2. The molecule has 7 nitrogen and oxygen atoms in total. The largest absolute Gasteiger partial charge is 0.490 e. The van der Waals surface area contributed by atoms with E-state index in [1.807, 2.05) is 0 Å². The van der Waals surface area contributed by atoms with Crippen LogP contribution in [-0.4, -0.2) is 50.7 Å². The summed E-state index contributed by atoms with van der Waals surface area (Å²) in [5, 5.41) is 2.68. The molecule has 0 aliphatic rings. The van der Waals surface area contributed by atoms with E-state index in [-0.39, 0.29) is 25.7 Å². The fourth-order valence-corrected chi connectivity index (χ4v) is 1.69. The molecule has 0 radical (unpaired) electrons. The number of nitrogens with one attached hydrogen (secondary N) is 1. The molecule has 1 atom stereocenters. The maximum atomic E-state index is 11.8. The minimum Gasteiger partial charge on any atom is -0.490 e. The van der Waals surface area contributed by atoms with Crippen molar-refractivity contribution in [1.29, 1.82) is 0 Å². The number of hydrogen-bond acceptors (Lipinski definition) is 7. The Hall–Kier alpha value is -1.77. The van der Waals surface area contributed by atoms with Gasteiger partial charge in [0.25, 0.3) is 12.4 Å². The van der Waals surface area contributed by atoms with Crippen LogP contribution in [0.4, 0.5) is 0 Å². The van der Waals surface area contributed by atoms with Gasteiger partial charge < -0.3 is 25.3 Å². The van der Waals surface area contributed by atoms with Crippen molar-refractivity contribution in [2.75, 3.05) is 32.9 Å². The van der Waals surface area contributed by atoms with Crippen molar-refractivity contribution in [2.45, 2.75) is 5.44 Å². The molecular formula is C14H20N2O5S. The first kappa shape index (κ1) is 18.3. The summed E-state index contributed by atoms with van der Waals surface area (Å²) in [5.74, 6) is 0.327. The number of amides is 1. The van der Waals surface area contributed by atoms with Crippen molar-refractivity contribution in [3.05, 3.63) is 29.8 Å². The maximum Gasteiger partial charge on any atom is 0.293 e. The molecule has 1 unspecified atom stereocenters. The summed E-state index contributed by atoms with van der Waals surface area (Å²) in [6, 6.07) is 6.76. The quantitative estimate of drug-likeness (QED) is 0.232. The molecule has 0 saturated heterocycles. The van der Waals surface area contributed by atoms with Crippen LogP contribution in [-0.2, 0) is 14.3 Å². The molecule has 122 valence electrons. The fraction of sp³-hybridized carbons (Fsp3) is 0.429. The summed E-state index contributed by atoms with van der Waals surface area (Å²) in [6.07, 6.45) is 0. The molecular weight excluding hydrogens is 308 g/mol. The first-order valence-corrected chi connectivity index (χ1v) is 7.25. The number of benzene rings is 1. The van der Waals surface area contributed by atoms with E-state index in [4.69, 9.17) is 15.2 Å². The van der Waals surface area contributed by atoms with Crippen molar-refractivity contribution in [1.82, 2.24) is 5.32 Å². The molecule has 0 saturated carbocycles. The molecule has 0 aromatic heterocycles. The lowest BCUT2D eigenvalue weighted by atomic mass is 10.2. The van der Waals surface area contributed by atoms with E-state index in [9.17, 15) is 9.59 Å². The van der Waals surface area contributed by atoms with E-state index in [1.54, 1.807) is 24.3 Å². The Morgan fingerprint density at radius 3 is 2.95 bits per heavy atom. The number of carbonyl (C=O) groups excluding carboxylic acids is 2. The van der Waals surface area contributed by atoms with Gasteiger partial charge in [-0.2, -0.15) is 0 Å². The maximum absolute atomic E-state index is 11.8. The van der Waals surface area contributed by atoms with E-state index >= 15 is 0 Å². The van der Waals surface area contributed by atoms with Crippen molar-refractivity contribution in [3.63, 3.8) is 0 Å². The van der Waals surface area contributed by atoms with Crippen LogP contribution in [0, 0.1) is 0 Å². The summed E-state index contributed by atoms with van der Waals surface area (Å²) in [6.45, 7) is 1.75. The summed E-state index contributed by atoms with van der Waals surface area (Å²) in [5.41, 5.74) is 5.35. The van der Waals surface area contributed by atoms with Crippen molar-refractivity contribution < 1.29 is 23.8 Å². The normalized spacial score (nSPS) is 11.5. The van der Waals surface area contributed by atoms with Gasteiger partial charge in [0.1, 0.15) is 24.4 Å². The molecule has 1 aromatic rings. The molecule has 0 aliphatic heterocycles. The molecule has 0 spiro atoms. The highest BCUT2D eigenvalue weighted by molar-refractivity contribution is 7.80. The van der Waals surface area contributed by atoms with Gasteiger partial charge >= 0.3 is 0 Å². The standard InChI is InChI=1S/C14H20N2O5S/c15-4-5-16-14(18)11-2-1-3-12(8-11)21-9-13(22)20-7-6-19-10-17/h1-3,8,10,13,22H,4-7,9,15H2,(H,16,18). The zero-order valence-corrected chi connectivity index (χ0v) is 13.0. The molecule has 0 bridgehead atoms. The highest BCUT2D eigenvalue weighted by Crippen LogP contribution is 2.14. The lowest BCUT2D eigenvalue weighted by molar-refractivity contribution is -0.130. The number of thiol groups is 1. The van der Waals surface area contributed by atoms with E-state index in [2.05, 4.69) is 22.7 Å². The van der Waals surface area contributed by atoms with Crippen LogP contribution in [0.1, 0.15) is 10.4 Å². The Labute approximate surface area is 134 Å². The van der Waals surface area contributed by atoms with Gasteiger partial charge in [0.05, 0.1) is 6.61 Å². The average Bonchev–Trinajstić information content (AvgIpc) is 2.55. The van der Waals surface area contributed by atoms with Crippen molar-refractivity contribution in [2.24, 2.45) is 5.73 Å². The monoisotopic (exact) mass is 328 g/mol. The molecule has 0 fully saturated rings. The minimum atomic E-state index is -0.468. The van der Waals surface area contributed by atoms with Crippen LogP contribution >= 0.6 is 12.6 Å². The summed E-state index contributed by atoms with van der Waals surface area (Å²) >= 11 is 4.19. The lowest BCUT2D eigenvalue weighted by Crippen LogP contribution is -2.29. The predicted molar refractivity (Wildman–Crippen MR) is 84.1 cm³/mol. The molecule has 1 amide bonds. The summed E-state index contributed by atoms with van der Waals surface area (Å²) < 4.78 is 15.2. The van der Waals surface area contributed by atoms with Crippen LogP contribution in [0.3, 0.4) is 0 Å². The van der Waals surface area contributed by atoms with Gasteiger partial charge in [-0.15, -0.1) is 12.6 Å². The Morgan fingerprint density at radius 1 is 1.41 bits per heavy atom. The number of ether oxygens (including phenoxy) is 3. The third-order valence-electron chi connectivity index (χ3n) is 2.50. The fourth-order valence-electron chi connectivity index (χ4n) is 1.51. The number of hydrogen-bond donors (Lipinski definition) is 3. The van der Waals surface area contributed by atoms with Gasteiger partial charge in [0, 0.05) is 18.7 Å². The molecule has 22 heavy (non-hydrogen) atoms. The van der Waals surface area contributed by atoms with Crippen LogP contribution < -0.4 is 15.8 Å². The SMILES string of the molecule is NCCNC(=O)c1cccc(OCC(S)OCCOC=O)c1. The molecule has 3 N–H and O–H groups in total. The first-order chi connectivity index (χ1) is 10.7. The van der Waals surface area contributed by atoms with E-state index < -0.39 is 5.44 Å². The Balaban J connectivity index is 2.39. The third kappa shape index (κ3) is 7.30. The molecule has 0 aliphatic carbocycles. The second-order valence-electron chi connectivity index (χ2n) is 4.18. The smallest absolute Gasteiger partial charge is 0.293 e. The van der Waals surface area contributed by atoms with Gasteiger partial charge in [-0.05, 0) is 18.2 Å². The van der Waals surface area contributed by atoms with Crippen LogP contribution in [0.15, 0.2) is 24.3 Å². The molecule has 0 heterocycles. The Kier molecular flexibility index (Phi) is 9.04. The van der Waals surface area contributed by atoms with Crippen molar-refractivity contribution >= 4 is 25.0 Å². The van der Waals surface area contributed by atoms with E-state index in [0.717, 1.165) is 0 Å². The predicted octanol–water partition coefficient (Wildman–Crippen LogP) is 0.199. The second-order valence-corrected chi connectivity index (χ2v) is 4.75. The highest BCUT2D eigenvalue weighted by atomic mass is 32.1. The van der Waals surface area contributed by atoms with Crippen molar-refractivity contribution in [3.8, 4) is 5.75 Å². The Morgan fingerprint density at radius 2 is 2.23 bits per heavy atom.